The minimum atomic E-state index is 0.465. The molecule has 33 heavy (non-hydrogen) atoms. The Kier molecular flexibility index (Phi) is 9.14. The number of aliphatic imine (C=N–C) groups is 1. The molecule has 0 amide bonds. The molecule has 1 atom stereocenters. The number of hydrogen-bond acceptors (Lipinski definition) is 5. The Balaban J connectivity index is 1.98. The lowest BCUT2D eigenvalue weighted by molar-refractivity contribution is 0.611. The molecule has 1 unspecified atom stereocenters. The van der Waals surface area contributed by atoms with Crippen LogP contribution >= 0.6 is 11.3 Å². The topological polar surface area (TPSA) is 50.2 Å². The summed E-state index contributed by atoms with van der Waals surface area (Å²) in [5.41, 5.74) is 5.36. The van der Waals surface area contributed by atoms with Gasteiger partial charge in [-0.05, 0) is 38.2 Å². The first-order chi connectivity index (χ1) is 16.1. The standard InChI is InChI=1S/C28H34N4S/c1-6-12-23(13-7-2)27-31-25-24(21(5)29-16-8-3)19-33-26(25)28(32-27)30-18-20(4)17-22-14-10-9-11-15-22/h6-7,9-15,19-20H,1,8,16-18H2,2-5H3,(H,30,31,32)/b13-7?,23-12+,29-21?. The molecule has 4 nitrogen and oxygen atoms in total. The largest absolute Gasteiger partial charge is 0.368 e. The van der Waals surface area contributed by atoms with Gasteiger partial charge in [0.15, 0.2) is 5.82 Å². The summed E-state index contributed by atoms with van der Waals surface area (Å²) in [5, 5.41) is 5.78. The van der Waals surface area contributed by atoms with E-state index in [1.54, 1.807) is 17.4 Å². The Morgan fingerprint density at radius 3 is 2.73 bits per heavy atom. The fourth-order valence-electron chi connectivity index (χ4n) is 3.66. The molecule has 2 aromatic heterocycles. The number of thiophene rings is 1. The summed E-state index contributed by atoms with van der Waals surface area (Å²) in [6.45, 7) is 14.0. The van der Waals surface area contributed by atoms with E-state index in [-0.39, 0.29) is 0 Å². The number of rotatable bonds is 11. The molecule has 0 aliphatic heterocycles. The third-order valence-corrected chi connectivity index (χ3v) is 6.30. The maximum Gasteiger partial charge on any atom is 0.162 e. The van der Waals surface area contributed by atoms with Gasteiger partial charge in [0, 0.05) is 35.3 Å². The van der Waals surface area contributed by atoms with Crippen LogP contribution < -0.4 is 5.32 Å². The summed E-state index contributed by atoms with van der Waals surface area (Å²) < 4.78 is 1.07. The molecule has 1 aromatic carbocycles. The van der Waals surface area contributed by atoms with E-state index in [1.807, 2.05) is 25.2 Å². The summed E-state index contributed by atoms with van der Waals surface area (Å²) in [7, 11) is 0. The fraction of sp³-hybridized carbons (Fsp3) is 0.321. The quantitative estimate of drug-likeness (QED) is 0.241. The van der Waals surface area contributed by atoms with Gasteiger partial charge in [-0.25, -0.2) is 9.97 Å². The number of allylic oxidation sites excluding steroid dienone is 5. The number of hydrogen-bond donors (Lipinski definition) is 1. The number of nitrogens with one attached hydrogen (secondary N) is 1. The van der Waals surface area contributed by atoms with E-state index in [0.29, 0.717) is 11.7 Å². The molecule has 3 aromatic rings. The molecule has 5 heteroatoms. The van der Waals surface area contributed by atoms with E-state index in [2.05, 4.69) is 68.4 Å². The highest BCUT2D eigenvalue weighted by molar-refractivity contribution is 7.18. The van der Waals surface area contributed by atoms with Crippen molar-refractivity contribution in [1.29, 1.82) is 0 Å². The van der Waals surface area contributed by atoms with Crippen molar-refractivity contribution in [3.05, 3.63) is 83.5 Å². The van der Waals surface area contributed by atoms with Gasteiger partial charge < -0.3 is 5.32 Å². The van der Waals surface area contributed by atoms with Crippen LogP contribution in [0.2, 0.25) is 0 Å². The minimum Gasteiger partial charge on any atom is -0.368 e. The van der Waals surface area contributed by atoms with Crippen LogP contribution in [-0.2, 0) is 6.42 Å². The van der Waals surface area contributed by atoms with Crippen molar-refractivity contribution in [2.45, 2.75) is 40.5 Å². The van der Waals surface area contributed by atoms with Crippen LogP contribution in [0.4, 0.5) is 5.82 Å². The van der Waals surface area contributed by atoms with E-state index in [9.17, 15) is 0 Å². The van der Waals surface area contributed by atoms with Gasteiger partial charge in [-0.3, -0.25) is 4.99 Å². The summed E-state index contributed by atoms with van der Waals surface area (Å²) in [5.74, 6) is 2.04. The molecule has 0 saturated heterocycles. The summed E-state index contributed by atoms with van der Waals surface area (Å²) in [6, 6.07) is 10.6. The van der Waals surface area contributed by atoms with E-state index < -0.39 is 0 Å². The van der Waals surface area contributed by atoms with Crippen LogP contribution in [0, 0.1) is 5.92 Å². The smallest absolute Gasteiger partial charge is 0.162 e. The maximum absolute atomic E-state index is 4.97. The van der Waals surface area contributed by atoms with Gasteiger partial charge in [0.1, 0.15) is 5.82 Å². The van der Waals surface area contributed by atoms with Crippen molar-refractivity contribution in [3.8, 4) is 0 Å². The molecule has 1 N–H and O–H groups in total. The van der Waals surface area contributed by atoms with Crippen LogP contribution in [0.15, 0.2) is 71.6 Å². The molecule has 3 rings (SSSR count). The molecule has 0 aliphatic carbocycles. The first-order valence-electron chi connectivity index (χ1n) is 11.6. The number of anilines is 1. The molecular formula is C28H34N4S. The summed E-state index contributed by atoms with van der Waals surface area (Å²) in [6.07, 6.45) is 9.80. The number of aromatic nitrogens is 2. The van der Waals surface area contributed by atoms with E-state index in [1.165, 1.54) is 5.56 Å². The number of fused-ring (bicyclic) bond motifs is 1. The SMILES string of the molecule is C=C/C=C(\C=CC)c1nc(NCC(C)Cc2ccccc2)c2scc(C(C)=NCCC)c2n1. The van der Waals surface area contributed by atoms with Crippen molar-refractivity contribution in [2.75, 3.05) is 18.4 Å². The van der Waals surface area contributed by atoms with Crippen molar-refractivity contribution in [1.82, 2.24) is 9.97 Å². The molecule has 172 valence electrons. The Labute approximate surface area is 201 Å². The van der Waals surface area contributed by atoms with E-state index in [4.69, 9.17) is 15.0 Å². The Morgan fingerprint density at radius 1 is 1.24 bits per heavy atom. The van der Waals surface area contributed by atoms with Gasteiger partial charge in [0.05, 0.1) is 10.2 Å². The summed E-state index contributed by atoms with van der Waals surface area (Å²) >= 11 is 1.68. The van der Waals surface area contributed by atoms with E-state index in [0.717, 1.165) is 58.8 Å². The van der Waals surface area contributed by atoms with Crippen molar-refractivity contribution >= 4 is 38.7 Å². The van der Waals surface area contributed by atoms with Gasteiger partial charge in [-0.15, -0.1) is 11.3 Å². The van der Waals surface area contributed by atoms with Crippen LogP contribution in [0.1, 0.15) is 51.1 Å². The zero-order valence-electron chi connectivity index (χ0n) is 20.1. The molecule has 0 bridgehead atoms. The van der Waals surface area contributed by atoms with Crippen LogP contribution in [0.25, 0.3) is 15.8 Å². The normalized spacial score (nSPS) is 13.6. The van der Waals surface area contributed by atoms with Gasteiger partial charge in [0.2, 0.25) is 0 Å². The molecule has 2 heterocycles. The van der Waals surface area contributed by atoms with E-state index >= 15 is 0 Å². The van der Waals surface area contributed by atoms with Crippen LogP contribution in [0.5, 0.6) is 0 Å². The molecule has 0 aliphatic rings. The predicted octanol–water partition coefficient (Wildman–Crippen LogP) is 7.35. The second-order valence-corrected chi connectivity index (χ2v) is 9.10. The highest BCUT2D eigenvalue weighted by Gasteiger charge is 2.17. The first-order valence-corrected chi connectivity index (χ1v) is 12.5. The maximum atomic E-state index is 4.97. The van der Waals surface area contributed by atoms with Crippen molar-refractivity contribution < 1.29 is 0 Å². The third kappa shape index (κ3) is 6.48. The van der Waals surface area contributed by atoms with Crippen LogP contribution in [-0.4, -0.2) is 28.8 Å². The van der Waals surface area contributed by atoms with Gasteiger partial charge in [-0.1, -0.05) is 75.1 Å². The lowest BCUT2D eigenvalue weighted by atomic mass is 10.0. The van der Waals surface area contributed by atoms with Crippen molar-refractivity contribution in [3.63, 3.8) is 0 Å². The molecule has 0 radical (unpaired) electrons. The average molecular weight is 459 g/mol. The lowest BCUT2D eigenvalue weighted by Crippen LogP contribution is -2.15. The van der Waals surface area contributed by atoms with Gasteiger partial charge in [-0.2, -0.15) is 0 Å². The number of nitrogens with zero attached hydrogens (tertiary/aromatic N) is 3. The molecular weight excluding hydrogens is 424 g/mol. The highest BCUT2D eigenvalue weighted by atomic mass is 32.1. The van der Waals surface area contributed by atoms with Crippen LogP contribution in [0.3, 0.4) is 0 Å². The monoisotopic (exact) mass is 458 g/mol. The number of benzene rings is 1. The second-order valence-electron chi connectivity index (χ2n) is 8.22. The molecule has 0 spiro atoms. The lowest BCUT2D eigenvalue weighted by Gasteiger charge is -2.15. The zero-order valence-corrected chi connectivity index (χ0v) is 21.0. The molecule has 0 saturated carbocycles. The minimum absolute atomic E-state index is 0.465. The van der Waals surface area contributed by atoms with Gasteiger partial charge in [0.25, 0.3) is 0 Å². The predicted molar refractivity (Wildman–Crippen MR) is 146 cm³/mol. The Bertz CT molecular complexity index is 1160. The fourth-order valence-corrected chi connectivity index (χ4v) is 4.67. The summed E-state index contributed by atoms with van der Waals surface area (Å²) in [4.78, 5) is 14.6. The highest BCUT2D eigenvalue weighted by Crippen LogP contribution is 2.32. The second kappa shape index (κ2) is 12.3. The Morgan fingerprint density at radius 2 is 2.03 bits per heavy atom. The first kappa shape index (κ1) is 24.6. The third-order valence-electron chi connectivity index (χ3n) is 5.32. The van der Waals surface area contributed by atoms with Gasteiger partial charge >= 0.3 is 0 Å². The molecule has 0 fully saturated rings. The average Bonchev–Trinajstić information content (AvgIpc) is 3.26. The zero-order chi connectivity index (χ0) is 23.6. The Hall–Kier alpha value is -3.05. The van der Waals surface area contributed by atoms with Crippen molar-refractivity contribution in [2.24, 2.45) is 10.9 Å².